The van der Waals surface area contributed by atoms with Crippen molar-refractivity contribution in [1.82, 2.24) is 15.2 Å². The van der Waals surface area contributed by atoms with Crippen LogP contribution in [0, 0.1) is 0 Å². The lowest BCUT2D eigenvalue weighted by Crippen LogP contribution is -2.52. The molecule has 1 fully saturated rings. The van der Waals surface area contributed by atoms with Gasteiger partial charge >= 0.3 is 6.18 Å². The van der Waals surface area contributed by atoms with Gasteiger partial charge in [0, 0.05) is 50.4 Å². The second kappa shape index (κ2) is 10.3. The molecule has 1 aromatic heterocycles. The Labute approximate surface area is 188 Å². The summed E-state index contributed by atoms with van der Waals surface area (Å²) < 4.78 is 43.3. The van der Waals surface area contributed by atoms with Crippen LogP contribution in [-0.2, 0) is 12.7 Å². The highest BCUT2D eigenvalue weighted by atomic mass is 127. The summed E-state index contributed by atoms with van der Waals surface area (Å²) in [4.78, 5) is 12.3. The van der Waals surface area contributed by atoms with Gasteiger partial charge in [0.05, 0.1) is 13.7 Å². The molecule has 0 saturated carbocycles. The molecule has 0 amide bonds. The van der Waals surface area contributed by atoms with Gasteiger partial charge in [-0.25, -0.2) is 4.98 Å². The Morgan fingerprint density at radius 3 is 2.59 bits per heavy atom. The number of aliphatic imine (C=N–C) groups is 1. The maximum Gasteiger partial charge on any atom is 0.434 e. The Hall–Kier alpha value is -1.76. The molecule has 11 heteroatoms. The van der Waals surface area contributed by atoms with Crippen molar-refractivity contribution in [2.45, 2.75) is 12.7 Å². The predicted molar refractivity (Wildman–Crippen MR) is 120 cm³/mol. The topological polar surface area (TPSA) is 53.0 Å². The van der Waals surface area contributed by atoms with Crippen LogP contribution in [0.15, 0.2) is 34.6 Å². The monoisotopic (exact) mass is 541 g/mol. The van der Waals surface area contributed by atoms with Crippen molar-refractivity contribution >= 4 is 47.0 Å². The van der Waals surface area contributed by atoms with E-state index in [1.807, 2.05) is 24.3 Å². The first-order chi connectivity index (χ1) is 13.4. The third kappa shape index (κ3) is 6.11. The van der Waals surface area contributed by atoms with E-state index in [0.29, 0.717) is 11.0 Å². The maximum atomic E-state index is 12.7. The molecule has 0 spiro atoms. The fourth-order valence-corrected chi connectivity index (χ4v) is 3.73. The average Bonchev–Trinajstić information content (AvgIpc) is 3.18. The van der Waals surface area contributed by atoms with Crippen LogP contribution in [0.2, 0.25) is 0 Å². The van der Waals surface area contributed by atoms with Crippen LogP contribution >= 0.6 is 35.3 Å². The zero-order valence-electron chi connectivity index (χ0n) is 16.1. The number of piperazine rings is 1. The third-order valence-corrected chi connectivity index (χ3v) is 5.30. The van der Waals surface area contributed by atoms with Gasteiger partial charge in [-0.2, -0.15) is 13.2 Å². The number of alkyl halides is 3. The number of nitrogens with one attached hydrogen (secondary N) is 1. The highest BCUT2D eigenvalue weighted by Crippen LogP contribution is 2.30. The lowest BCUT2D eigenvalue weighted by atomic mass is 10.2. The molecule has 0 unspecified atom stereocenters. The molecular weight excluding hydrogens is 518 g/mol. The van der Waals surface area contributed by atoms with Gasteiger partial charge < -0.3 is 19.9 Å². The summed E-state index contributed by atoms with van der Waals surface area (Å²) in [6, 6.07) is 7.92. The maximum absolute atomic E-state index is 12.7. The van der Waals surface area contributed by atoms with Gasteiger partial charge in [-0.05, 0) is 12.1 Å². The summed E-state index contributed by atoms with van der Waals surface area (Å²) in [5.74, 6) is 1.48. The van der Waals surface area contributed by atoms with Gasteiger partial charge in [-0.1, -0.05) is 6.07 Å². The Kier molecular flexibility index (Phi) is 8.37. The largest absolute Gasteiger partial charge is 0.497 e. The van der Waals surface area contributed by atoms with Crippen molar-refractivity contribution in [3.05, 3.63) is 40.3 Å². The molecule has 0 atom stereocenters. The summed E-state index contributed by atoms with van der Waals surface area (Å²) in [6.45, 7) is 3.33. The van der Waals surface area contributed by atoms with Crippen LogP contribution in [0.4, 0.5) is 18.9 Å². The van der Waals surface area contributed by atoms with Crippen molar-refractivity contribution in [3.8, 4) is 5.75 Å². The summed E-state index contributed by atoms with van der Waals surface area (Å²) in [5.41, 5.74) is 0.251. The number of methoxy groups -OCH3 is 1. The van der Waals surface area contributed by atoms with E-state index in [9.17, 15) is 13.2 Å². The number of hydrogen-bond donors (Lipinski definition) is 1. The molecular formula is C18H23F3IN5OS. The van der Waals surface area contributed by atoms with Gasteiger partial charge in [-0.3, -0.25) is 4.99 Å². The average molecular weight is 541 g/mol. The summed E-state index contributed by atoms with van der Waals surface area (Å²) >= 11 is 0.989. The smallest absolute Gasteiger partial charge is 0.434 e. The van der Waals surface area contributed by atoms with Crippen molar-refractivity contribution in [3.63, 3.8) is 0 Å². The highest BCUT2D eigenvalue weighted by molar-refractivity contribution is 14.0. The van der Waals surface area contributed by atoms with E-state index < -0.39 is 11.9 Å². The van der Waals surface area contributed by atoms with Gasteiger partial charge in [-0.15, -0.1) is 35.3 Å². The fraction of sp³-hybridized carbons (Fsp3) is 0.444. The number of ether oxygens (including phenoxy) is 1. The van der Waals surface area contributed by atoms with Crippen molar-refractivity contribution in [1.29, 1.82) is 0 Å². The Morgan fingerprint density at radius 1 is 1.28 bits per heavy atom. The van der Waals surface area contributed by atoms with Crippen LogP contribution in [0.25, 0.3) is 0 Å². The number of aromatic nitrogens is 1. The van der Waals surface area contributed by atoms with Crippen molar-refractivity contribution in [2.75, 3.05) is 45.2 Å². The van der Waals surface area contributed by atoms with E-state index in [1.54, 1.807) is 14.2 Å². The molecule has 1 aliphatic rings. The molecule has 3 rings (SSSR count). The summed E-state index contributed by atoms with van der Waals surface area (Å²) in [7, 11) is 3.31. The van der Waals surface area contributed by atoms with Crippen LogP contribution < -0.4 is 15.0 Å². The van der Waals surface area contributed by atoms with Crippen LogP contribution in [0.1, 0.15) is 10.7 Å². The van der Waals surface area contributed by atoms with E-state index in [0.717, 1.165) is 54.3 Å². The molecule has 1 saturated heterocycles. The summed E-state index contributed by atoms with van der Waals surface area (Å²) in [6.07, 6.45) is -4.41. The molecule has 0 bridgehead atoms. The second-order valence-electron chi connectivity index (χ2n) is 6.20. The van der Waals surface area contributed by atoms with Crippen LogP contribution in [0.3, 0.4) is 0 Å². The van der Waals surface area contributed by atoms with Gasteiger partial charge in [0.1, 0.15) is 10.8 Å². The number of anilines is 1. The first kappa shape index (κ1) is 23.5. The SMILES string of the molecule is CN=C(NCc1nc(C(F)(F)F)cs1)N1CCN(c2cccc(OC)c2)CC1.I. The minimum atomic E-state index is -4.41. The number of thiazole rings is 1. The van der Waals surface area contributed by atoms with E-state index >= 15 is 0 Å². The molecule has 160 valence electrons. The van der Waals surface area contributed by atoms with Gasteiger partial charge in [0.25, 0.3) is 0 Å². The van der Waals surface area contributed by atoms with E-state index in [1.165, 1.54) is 0 Å². The molecule has 1 aliphatic heterocycles. The van der Waals surface area contributed by atoms with E-state index in [-0.39, 0.29) is 30.5 Å². The molecule has 0 radical (unpaired) electrons. The lowest BCUT2D eigenvalue weighted by molar-refractivity contribution is -0.140. The fourth-order valence-electron chi connectivity index (χ4n) is 2.99. The molecule has 2 aromatic rings. The standard InChI is InChI=1S/C18H22F3N5OS.HI/c1-22-17(23-11-16-24-15(12-28-16)18(19,20)21)26-8-6-25(7-9-26)13-4-3-5-14(10-13)27-2;/h3-5,10,12H,6-9,11H2,1-2H3,(H,22,23);1H. The Bertz CT molecular complexity index is 822. The number of rotatable bonds is 4. The minimum Gasteiger partial charge on any atom is -0.497 e. The second-order valence-corrected chi connectivity index (χ2v) is 7.14. The molecule has 1 aromatic carbocycles. The van der Waals surface area contributed by atoms with Crippen LogP contribution in [0.5, 0.6) is 5.75 Å². The summed E-state index contributed by atoms with van der Waals surface area (Å²) in [5, 5.41) is 4.52. The van der Waals surface area contributed by atoms with Crippen molar-refractivity contribution in [2.24, 2.45) is 4.99 Å². The molecule has 6 nitrogen and oxygen atoms in total. The zero-order chi connectivity index (χ0) is 20.1. The van der Waals surface area contributed by atoms with Crippen molar-refractivity contribution < 1.29 is 17.9 Å². The number of nitrogens with zero attached hydrogens (tertiary/aromatic N) is 4. The van der Waals surface area contributed by atoms with Gasteiger partial charge in [0.15, 0.2) is 11.7 Å². The number of hydrogen-bond acceptors (Lipinski definition) is 5. The molecule has 2 heterocycles. The normalized spacial score (nSPS) is 15.1. The first-order valence-electron chi connectivity index (χ1n) is 8.77. The minimum absolute atomic E-state index is 0. The quantitative estimate of drug-likeness (QED) is 0.364. The first-order valence-corrected chi connectivity index (χ1v) is 9.65. The molecule has 1 N–H and O–H groups in total. The number of guanidine groups is 1. The molecule has 29 heavy (non-hydrogen) atoms. The third-order valence-electron chi connectivity index (χ3n) is 4.45. The highest BCUT2D eigenvalue weighted by Gasteiger charge is 2.33. The number of benzene rings is 1. The molecule has 0 aliphatic carbocycles. The lowest BCUT2D eigenvalue weighted by Gasteiger charge is -2.37. The zero-order valence-corrected chi connectivity index (χ0v) is 19.2. The van der Waals surface area contributed by atoms with Crippen LogP contribution in [-0.4, -0.2) is 56.2 Å². The Morgan fingerprint density at radius 2 is 2.00 bits per heavy atom. The predicted octanol–water partition coefficient (Wildman–Crippen LogP) is 3.69. The van der Waals surface area contributed by atoms with E-state index in [4.69, 9.17) is 4.74 Å². The Balaban J connectivity index is 0.00000300. The van der Waals surface area contributed by atoms with Gasteiger partial charge in [0.2, 0.25) is 0 Å². The number of halogens is 4. The van der Waals surface area contributed by atoms with E-state index in [2.05, 4.69) is 25.1 Å².